The van der Waals surface area contributed by atoms with Crippen LogP contribution in [0.1, 0.15) is 16.7 Å². The van der Waals surface area contributed by atoms with Gasteiger partial charge in [0, 0.05) is 17.2 Å². The van der Waals surface area contributed by atoms with E-state index in [1.807, 2.05) is 32.0 Å². The highest BCUT2D eigenvalue weighted by Crippen LogP contribution is 2.34. The summed E-state index contributed by atoms with van der Waals surface area (Å²) in [5.41, 5.74) is 3.48. The van der Waals surface area contributed by atoms with Gasteiger partial charge >= 0.3 is 0 Å². The Morgan fingerprint density at radius 2 is 1.74 bits per heavy atom. The lowest BCUT2D eigenvalue weighted by Gasteiger charge is -2.05. The molecule has 0 fully saturated rings. The van der Waals surface area contributed by atoms with Crippen LogP contribution in [0.2, 0.25) is 0 Å². The second-order valence-electron chi connectivity index (χ2n) is 5.50. The van der Waals surface area contributed by atoms with Crippen LogP contribution in [0.4, 0.5) is 8.78 Å². The van der Waals surface area contributed by atoms with Crippen molar-refractivity contribution in [3.63, 3.8) is 0 Å². The largest absolute Gasteiger partial charge is 0.391 e. The van der Waals surface area contributed by atoms with Crippen LogP contribution in [0.15, 0.2) is 40.9 Å². The lowest BCUT2D eigenvalue weighted by molar-refractivity contribution is 0.281. The first-order valence-electron chi connectivity index (χ1n) is 7.13. The zero-order valence-electron chi connectivity index (χ0n) is 12.7. The zero-order valence-corrected chi connectivity index (χ0v) is 12.7. The fourth-order valence-corrected chi connectivity index (χ4v) is 2.68. The third-order valence-corrected chi connectivity index (χ3v) is 3.62. The molecule has 0 aliphatic heterocycles. The third kappa shape index (κ3) is 2.87. The summed E-state index contributed by atoms with van der Waals surface area (Å²) < 4.78 is 32.4. The molecule has 3 rings (SSSR count). The maximum atomic E-state index is 14.0. The predicted octanol–water partition coefficient (Wildman–Crippen LogP) is 4.40. The SMILES string of the molecule is Cc1cc(C)cc(-c2onc(-c3ccc(F)cc3F)c2CO)c1. The van der Waals surface area contributed by atoms with Crippen molar-refractivity contribution >= 4 is 0 Å². The highest BCUT2D eigenvalue weighted by molar-refractivity contribution is 5.73. The Labute approximate surface area is 132 Å². The van der Waals surface area contributed by atoms with Crippen molar-refractivity contribution in [1.29, 1.82) is 0 Å². The van der Waals surface area contributed by atoms with Crippen LogP contribution >= 0.6 is 0 Å². The topological polar surface area (TPSA) is 46.3 Å². The van der Waals surface area contributed by atoms with Crippen LogP contribution in [0.5, 0.6) is 0 Å². The lowest BCUT2D eigenvalue weighted by atomic mass is 10.00. The first kappa shape index (κ1) is 15.4. The molecule has 0 saturated heterocycles. The van der Waals surface area contributed by atoms with E-state index < -0.39 is 11.6 Å². The highest BCUT2D eigenvalue weighted by atomic mass is 19.1. The molecule has 1 N–H and O–H groups in total. The van der Waals surface area contributed by atoms with Gasteiger partial charge in [0.15, 0.2) is 5.76 Å². The third-order valence-electron chi connectivity index (χ3n) is 3.62. The highest BCUT2D eigenvalue weighted by Gasteiger charge is 2.21. The van der Waals surface area contributed by atoms with Crippen molar-refractivity contribution in [2.75, 3.05) is 0 Å². The number of halogens is 2. The molecule has 0 aliphatic rings. The second kappa shape index (κ2) is 5.93. The van der Waals surface area contributed by atoms with Gasteiger partial charge in [-0.25, -0.2) is 8.78 Å². The lowest BCUT2D eigenvalue weighted by Crippen LogP contribution is -1.93. The summed E-state index contributed by atoms with van der Waals surface area (Å²) in [6.45, 7) is 3.54. The monoisotopic (exact) mass is 315 g/mol. The van der Waals surface area contributed by atoms with Gasteiger partial charge in [-0.15, -0.1) is 0 Å². The summed E-state index contributed by atoms with van der Waals surface area (Å²) >= 11 is 0. The van der Waals surface area contributed by atoms with Crippen LogP contribution in [0.3, 0.4) is 0 Å². The molecule has 0 amide bonds. The van der Waals surface area contributed by atoms with E-state index >= 15 is 0 Å². The van der Waals surface area contributed by atoms with E-state index in [4.69, 9.17) is 4.52 Å². The summed E-state index contributed by atoms with van der Waals surface area (Å²) in [5, 5.41) is 13.6. The fourth-order valence-electron chi connectivity index (χ4n) is 2.68. The molecule has 0 atom stereocenters. The molecule has 0 aliphatic carbocycles. The first-order chi connectivity index (χ1) is 11.0. The minimum absolute atomic E-state index is 0.0924. The van der Waals surface area contributed by atoms with Gasteiger partial charge in [0.1, 0.15) is 17.3 Å². The molecule has 0 bridgehead atoms. The number of aliphatic hydroxyl groups is 1. The maximum absolute atomic E-state index is 14.0. The number of aryl methyl sites for hydroxylation is 2. The molecule has 5 heteroatoms. The van der Waals surface area contributed by atoms with E-state index in [2.05, 4.69) is 5.16 Å². The zero-order chi connectivity index (χ0) is 16.6. The van der Waals surface area contributed by atoms with Gasteiger partial charge in [-0.2, -0.15) is 0 Å². The molecule has 3 nitrogen and oxygen atoms in total. The molecule has 0 spiro atoms. The molecular formula is C18H15F2NO2. The molecular weight excluding hydrogens is 300 g/mol. The average Bonchev–Trinajstić information content (AvgIpc) is 2.89. The molecule has 3 aromatic rings. The average molecular weight is 315 g/mol. The quantitative estimate of drug-likeness (QED) is 0.779. The molecule has 0 unspecified atom stereocenters. The van der Waals surface area contributed by atoms with Crippen molar-refractivity contribution in [2.45, 2.75) is 20.5 Å². The normalized spacial score (nSPS) is 11.0. The standard InChI is InChI=1S/C18H15F2NO2/c1-10-5-11(2)7-12(6-10)18-15(9-22)17(21-23-18)14-4-3-13(19)8-16(14)20/h3-8,22H,9H2,1-2H3. The Morgan fingerprint density at radius 3 is 2.35 bits per heavy atom. The van der Waals surface area contributed by atoms with Gasteiger partial charge in [0.2, 0.25) is 0 Å². The van der Waals surface area contributed by atoms with E-state index in [1.54, 1.807) is 0 Å². The molecule has 2 aromatic carbocycles. The number of aliphatic hydroxyl groups excluding tert-OH is 1. The number of hydrogen-bond acceptors (Lipinski definition) is 3. The number of rotatable bonds is 3. The summed E-state index contributed by atoms with van der Waals surface area (Å²) in [5.74, 6) is -1.03. The molecule has 0 radical (unpaired) electrons. The van der Waals surface area contributed by atoms with Crippen LogP contribution in [-0.4, -0.2) is 10.3 Å². The van der Waals surface area contributed by atoms with Crippen LogP contribution in [0, 0.1) is 25.5 Å². The van der Waals surface area contributed by atoms with Gasteiger partial charge in [0.05, 0.1) is 12.2 Å². The molecule has 118 valence electrons. The number of aromatic nitrogens is 1. The summed E-state index contributed by atoms with van der Waals surface area (Å²) in [7, 11) is 0. The number of hydrogen-bond donors (Lipinski definition) is 1. The number of nitrogens with zero attached hydrogens (tertiary/aromatic N) is 1. The number of benzene rings is 2. The molecule has 23 heavy (non-hydrogen) atoms. The summed E-state index contributed by atoms with van der Waals surface area (Å²) in [6.07, 6.45) is 0. The van der Waals surface area contributed by atoms with Crippen LogP contribution < -0.4 is 0 Å². The maximum Gasteiger partial charge on any atom is 0.173 e. The van der Waals surface area contributed by atoms with Crippen LogP contribution in [-0.2, 0) is 6.61 Å². The Kier molecular flexibility index (Phi) is 3.96. The smallest absolute Gasteiger partial charge is 0.173 e. The van der Waals surface area contributed by atoms with Crippen molar-refractivity contribution in [1.82, 2.24) is 5.16 Å². The van der Waals surface area contributed by atoms with Crippen molar-refractivity contribution < 1.29 is 18.4 Å². The van der Waals surface area contributed by atoms with E-state index in [9.17, 15) is 13.9 Å². The molecule has 0 saturated carbocycles. The van der Waals surface area contributed by atoms with Crippen molar-refractivity contribution in [3.8, 4) is 22.6 Å². The summed E-state index contributed by atoms with van der Waals surface area (Å²) in [6, 6.07) is 9.02. The summed E-state index contributed by atoms with van der Waals surface area (Å²) in [4.78, 5) is 0. The van der Waals surface area contributed by atoms with Gasteiger partial charge in [0.25, 0.3) is 0 Å². The first-order valence-corrected chi connectivity index (χ1v) is 7.13. The van der Waals surface area contributed by atoms with Gasteiger partial charge in [-0.3, -0.25) is 0 Å². The Hall–Kier alpha value is -2.53. The second-order valence-corrected chi connectivity index (χ2v) is 5.50. The minimum atomic E-state index is -0.750. The van der Waals surface area contributed by atoms with Gasteiger partial charge < -0.3 is 9.63 Å². The fraction of sp³-hybridized carbons (Fsp3) is 0.167. The van der Waals surface area contributed by atoms with Crippen molar-refractivity contribution in [2.24, 2.45) is 0 Å². The van der Waals surface area contributed by atoms with E-state index in [1.165, 1.54) is 6.07 Å². The van der Waals surface area contributed by atoms with Crippen molar-refractivity contribution in [3.05, 3.63) is 64.7 Å². The van der Waals surface area contributed by atoms with E-state index in [0.717, 1.165) is 28.8 Å². The van der Waals surface area contributed by atoms with E-state index in [0.29, 0.717) is 11.3 Å². The Morgan fingerprint density at radius 1 is 1.04 bits per heavy atom. The Bertz CT molecular complexity index is 851. The predicted molar refractivity (Wildman–Crippen MR) is 82.7 cm³/mol. The van der Waals surface area contributed by atoms with Gasteiger partial charge in [-0.05, 0) is 38.1 Å². The molecule has 1 heterocycles. The van der Waals surface area contributed by atoms with E-state index in [-0.39, 0.29) is 17.9 Å². The molecule has 1 aromatic heterocycles. The van der Waals surface area contributed by atoms with Gasteiger partial charge in [-0.1, -0.05) is 22.3 Å². The minimum Gasteiger partial charge on any atom is -0.391 e. The van der Waals surface area contributed by atoms with Crippen LogP contribution in [0.25, 0.3) is 22.6 Å². The Balaban J connectivity index is 2.17.